The van der Waals surface area contributed by atoms with Crippen molar-refractivity contribution in [3.8, 4) is 39.5 Å². The van der Waals surface area contributed by atoms with Gasteiger partial charge >= 0.3 is 0 Å². The number of aryl methyl sites for hydroxylation is 2. The summed E-state index contributed by atoms with van der Waals surface area (Å²) in [5.74, 6) is 0.920. The first-order valence-electron chi connectivity index (χ1n) is 9.85. The molecule has 0 amide bonds. The van der Waals surface area contributed by atoms with Crippen LogP contribution in [0.3, 0.4) is 0 Å². The number of hydrogen-bond donors (Lipinski definition) is 2. The first-order chi connectivity index (χ1) is 13.8. The molecule has 0 aliphatic carbocycles. The zero-order chi connectivity index (χ0) is 21.0. The van der Waals surface area contributed by atoms with E-state index < -0.39 is 0 Å². The van der Waals surface area contributed by atoms with Gasteiger partial charge in [-0.25, -0.2) is 0 Å². The van der Waals surface area contributed by atoms with E-state index in [0.717, 1.165) is 39.8 Å². The molecule has 0 saturated heterocycles. The average Bonchev–Trinajstić information content (AvgIpc) is 2.68. The van der Waals surface area contributed by atoms with E-state index in [-0.39, 0.29) is 11.5 Å². The normalized spacial score (nSPS) is 10.6. The lowest BCUT2D eigenvalue weighted by atomic mass is 9.92. The third-order valence-corrected chi connectivity index (χ3v) is 4.95. The molecule has 3 heteroatoms. The van der Waals surface area contributed by atoms with Crippen LogP contribution in [0, 0.1) is 13.8 Å². The van der Waals surface area contributed by atoms with Gasteiger partial charge < -0.3 is 14.9 Å². The molecule has 150 valence electrons. The van der Waals surface area contributed by atoms with E-state index in [0.29, 0.717) is 12.4 Å². The molecule has 3 nitrogen and oxygen atoms in total. The summed E-state index contributed by atoms with van der Waals surface area (Å²) in [6.07, 6.45) is 2.94. The first-order valence-corrected chi connectivity index (χ1v) is 9.85. The van der Waals surface area contributed by atoms with Gasteiger partial charge in [0, 0.05) is 0 Å². The Labute approximate surface area is 172 Å². The second kappa shape index (κ2) is 8.87. The Bertz CT molecular complexity index is 1030. The van der Waals surface area contributed by atoms with Crippen LogP contribution in [0.15, 0.2) is 66.2 Å². The third-order valence-electron chi connectivity index (χ3n) is 4.95. The zero-order valence-corrected chi connectivity index (χ0v) is 17.5. The number of phenolic OH excluding ortho intramolecular Hbond substituents is 2. The van der Waals surface area contributed by atoms with Crippen molar-refractivity contribution >= 4 is 0 Å². The van der Waals surface area contributed by atoms with E-state index >= 15 is 0 Å². The predicted molar refractivity (Wildman–Crippen MR) is 120 cm³/mol. The number of aromatic hydroxyl groups is 2. The third kappa shape index (κ3) is 5.00. The Morgan fingerprint density at radius 2 is 1.41 bits per heavy atom. The van der Waals surface area contributed by atoms with Crippen molar-refractivity contribution < 1.29 is 14.9 Å². The number of ether oxygens (including phenoxy) is 1. The van der Waals surface area contributed by atoms with Crippen molar-refractivity contribution in [2.24, 2.45) is 0 Å². The van der Waals surface area contributed by atoms with Crippen molar-refractivity contribution in [1.29, 1.82) is 0 Å². The highest BCUT2D eigenvalue weighted by Crippen LogP contribution is 2.36. The van der Waals surface area contributed by atoms with Gasteiger partial charge in [0.2, 0.25) is 0 Å². The van der Waals surface area contributed by atoms with Gasteiger partial charge in [0.25, 0.3) is 0 Å². The Hall–Kier alpha value is -3.20. The number of allylic oxidation sites excluding steroid dienone is 1. The number of benzene rings is 3. The van der Waals surface area contributed by atoms with Gasteiger partial charge in [-0.2, -0.15) is 0 Å². The maximum Gasteiger partial charge on any atom is 0.160 e. The maximum atomic E-state index is 10.4. The van der Waals surface area contributed by atoms with E-state index in [1.165, 1.54) is 5.57 Å². The van der Waals surface area contributed by atoms with Gasteiger partial charge in [-0.05, 0) is 91.8 Å². The zero-order valence-electron chi connectivity index (χ0n) is 17.5. The van der Waals surface area contributed by atoms with Crippen molar-refractivity contribution in [2.45, 2.75) is 34.1 Å². The number of hydrogen-bond acceptors (Lipinski definition) is 3. The fourth-order valence-electron chi connectivity index (χ4n) is 3.40. The highest BCUT2D eigenvalue weighted by Gasteiger charge is 2.11. The highest BCUT2D eigenvalue weighted by atomic mass is 16.5. The standard InChI is InChI=1S/C26H28O3/c1-17(2)6-5-13-29-26-12-9-21(16-25(26)28)24-15-18(3)23(14-19(24)4)20-7-10-22(27)11-8-20/h6-12,14-16,27-28H,5,13H2,1-4H3. The minimum Gasteiger partial charge on any atom is -0.508 e. The van der Waals surface area contributed by atoms with Crippen LogP contribution < -0.4 is 4.74 Å². The molecule has 0 fully saturated rings. The molecule has 29 heavy (non-hydrogen) atoms. The second-order valence-electron chi connectivity index (χ2n) is 7.63. The number of rotatable bonds is 6. The SMILES string of the molecule is CC(C)=CCCOc1ccc(-c2cc(C)c(-c3ccc(O)cc3)cc2C)cc1O. The van der Waals surface area contributed by atoms with E-state index in [1.807, 2.05) is 24.3 Å². The quantitative estimate of drug-likeness (QED) is 0.361. The molecule has 0 bridgehead atoms. The minimum atomic E-state index is 0.152. The van der Waals surface area contributed by atoms with Crippen LogP contribution in [0.5, 0.6) is 17.2 Å². The summed E-state index contributed by atoms with van der Waals surface area (Å²) in [5.41, 5.74) is 7.75. The molecule has 3 aromatic rings. The van der Waals surface area contributed by atoms with Gasteiger partial charge in [-0.1, -0.05) is 42.0 Å². The van der Waals surface area contributed by atoms with E-state index in [9.17, 15) is 10.2 Å². The van der Waals surface area contributed by atoms with Crippen molar-refractivity contribution in [1.82, 2.24) is 0 Å². The Morgan fingerprint density at radius 1 is 0.828 bits per heavy atom. The highest BCUT2D eigenvalue weighted by molar-refractivity contribution is 5.77. The minimum absolute atomic E-state index is 0.152. The average molecular weight is 389 g/mol. The molecule has 0 heterocycles. The second-order valence-corrected chi connectivity index (χ2v) is 7.63. The van der Waals surface area contributed by atoms with E-state index in [4.69, 9.17) is 4.74 Å². The van der Waals surface area contributed by atoms with Crippen LogP contribution in [-0.4, -0.2) is 16.8 Å². The molecule has 0 atom stereocenters. The predicted octanol–water partition coefficient (Wildman–Crippen LogP) is 6.78. The lowest BCUT2D eigenvalue weighted by Gasteiger charge is -2.14. The van der Waals surface area contributed by atoms with Crippen LogP contribution in [0.1, 0.15) is 31.4 Å². The molecule has 3 rings (SSSR count). The largest absolute Gasteiger partial charge is 0.508 e. The van der Waals surface area contributed by atoms with E-state index in [2.05, 4.69) is 45.9 Å². The maximum absolute atomic E-state index is 10.4. The van der Waals surface area contributed by atoms with Crippen molar-refractivity contribution in [3.05, 3.63) is 77.4 Å². The van der Waals surface area contributed by atoms with E-state index in [1.54, 1.807) is 18.2 Å². The fraction of sp³-hybridized carbons (Fsp3) is 0.231. The molecule has 0 aliphatic heterocycles. The summed E-state index contributed by atoms with van der Waals surface area (Å²) in [7, 11) is 0. The van der Waals surface area contributed by atoms with Crippen molar-refractivity contribution in [3.63, 3.8) is 0 Å². The van der Waals surface area contributed by atoms with Crippen LogP contribution in [0.2, 0.25) is 0 Å². The molecule has 0 aromatic heterocycles. The molecule has 0 unspecified atom stereocenters. The van der Waals surface area contributed by atoms with Crippen LogP contribution >= 0.6 is 0 Å². The van der Waals surface area contributed by atoms with Crippen LogP contribution in [0.4, 0.5) is 0 Å². The lowest BCUT2D eigenvalue weighted by Crippen LogP contribution is -1.96. The van der Waals surface area contributed by atoms with Gasteiger partial charge in [-0.15, -0.1) is 0 Å². The van der Waals surface area contributed by atoms with Gasteiger partial charge in [0.1, 0.15) is 5.75 Å². The molecule has 0 radical (unpaired) electrons. The summed E-state index contributed by atoms with van der Waals surface area (Å²) in [5, 5.41) is 19.9. The molecule has 0 aliphatic rings. The van der Waals surface area contributed by atoms with Crippen LogP contribution in [-0.2, 0) is 0 Å². The smallest absolute Gasteiger partial charge is 0.160 e. The summed E-state index contributed by atoms with van der Waals surface area (Å²) in [4.78, 5) is 0. The van der Waals surface area contributed by atoms with Gasteiger partial charge in [0.15, 0.2) is 11.5 Å². The summed E-state index contributed by atoms with van der Waals surface area (Å²) < 4.78 is 5.70. The van der Waals surface area contributed by atoms with Gasteiger partial charge in [0.05, 0.1) is 6.61 Å². The monoisotopic (exact) mass is 388 g/mol. The molecule has 0 spiro atoms. The topological polar surface area (TPSA) is 49.7 Å². The summed E-state index contributed by atoms with van der Waals surface area (Å²) >= 11 is 0. The molecule has 2 N–H and O–H groups in total. The summed E-state index contributed by atoms with van der Waals surface area (Å²) in [6.45, 7) is 8.80. The number of phenols is 2. The van der Waals surface area contributed by atoms with Crippen LogP contribution in [0.25, 0.3) is 22.3 Å². The fourth-order valence-corrected chi connectivity index (χ4v) is 3.40. The lowest BCUT2D eigenvalue weighted by molar-refractivity contribution is 0.305. The Balaban J connectivity index is 1.85. The molecular formula is C26H28O3. The molecule has 3 aromatic carbocycles. The van der Waals surface area contributed by atoms with Gasteiger partial charge in [-0.3, -0.25) is 0 Å². The Morgan fingerprint density at radius 3 is 2.00 bits per heavy atom. The Kier molecular flexibility index (Phi) is 6.28. The molecule has 0 saturated carbocycles. The molecular weight excluding hydrogens is 360 g/mol. The van der Waals surface area contributed by atoms with Crippen molar-refractivity contribution in [2.75, 3.05) is 6.61 Å². The first kappa shape index (κ1) is 20.5. The summed E-state index contributed by atoms with van der Waals surface area (Å²) in [6, 6.07) is 17.1.